The van der Waals surface area contributed by atoms with E-state index in [2.05, 4.69) is 10.5 Å². The van der Waals surface area contributed by atoms with Crippen molar-refractivity contribution in [3.63, 3.8) is 0 Å². The van der Waals surface area contributed by atoms with E-state index >= 15 is 0 Å². The summed E-state index contributed by atoms with van der Waals surface area (Å²) < 4.78 is 21.3. The lowest BCUT2D eigenvalue weighted by Crippen LogP contribution is -2.12. The number of nitrogens with zero attached hydrogens (tertiary/aromatic N) is 1. The van der Waals surface area contributed by atoms with Crippen molar-refractivity contribution < 1.29 is 23.2 Å². The average molecular weight is 342 g/mol. The molecule has 0 saturated carbocycles. The molecule has 2 aromatic heterocycles. The van der Waals surface area contributed by atoms with Crippen molar-refractivity contribution >= 4 is 11.6 Å². The standard InChI is InChI=1S/C18H18N2O5/c1-11-17(12(2)25-20-11)19-18(21)16-8-7-15(24-16)10-23-14-6-4-5-13(9-14)22-3/h4-9H,10H2,1-3H3,(H,19,21). The summed E-state index contributed by atoms with van der Waals surface area (Å²) in [5.41, 5.74) is 1.16. The third-order valence-corrected chi connectivity index (χ3v) is 3.58. The van der Waals surface area contributed by atoms with Gasteiger partial charge in [-0.3, -0.25) is 4.79 Å². The summed E-state index contributed by atoms with van der Waals surface area (Å²) in [5.74, 6) is 2.24. The lowest BCUT2D eigenvalue weighted by molar-refractivity contribution is 0.0992. The van der Waals surface area contributed by atoms with Crippen LogP contribution in [-0.4, -0.2) is 18.2 Å². The minimum atomic E-state index is -0.373. The van der Waals surface area contributed by atoms with E-state index in [1.54, 1.807) is 39.2 Å². The lowest BCUT2D eigenvalue weighted by Gasteiger charge is -2.06. The maximum absolute atomic E-state index is 12.3. The summed E-state index contributed by atoms with van der Waals surface area (Å²) in [6.45, 7) is 3.68. The molecule has 1 amide bonds. The Kier molecular flexibility index (Phi) is 4.74. The summed E-state index contributed by atoms with van der Waals surface area (Å²) in [6.07, 6.45) is 0. The topological polar surface area (TPSA) is 86.7 Å². The molecule has 7 heteroatoms. The van der Waals surface area contributed by atoms with Crippen LogP contribution >= 0.6 is 0 Å². The highest BCUT2D eigenvalue weighted by atomic mass is 16.5. The van der Waals surface area contributed by atoms with E-state index in [4.69, 9.17) is 18.4 Å². The van der Waals surface area contributed by atoms with E-state index < -0.39 is 0 Å². The molecule has 7 nitrogen and oxygen atoms in total. The molecule has 2 heterocycles. The van der Waals surface area contributed by atoms with Crippen molar-refractivity contribution in [2.24, 2.45) is 0 Å². The molecular formula is C18H18N2O5. The van der Waals surface area contributed by atoms with Gasteiger partial charge < -0.3 is 23.7 Å². The zero-order valence-electron chi connectivity index (χ0n) is 14.2. The van der Waals surface area contributed by atoms with Gasteiger partial charge in [-0.2, -0.15) is 0 Å². The molecule has 0 aliphatic carbocycles. The van der Waals surface area contributed by atoms with E-state index in [0.717, 1.165) is 0 Å². The summed E-state index contributed by atoms with van der Waals surface area (Å²) in [7, 11) is 1.59. The molecule has 1 N–H and O–H groups in total. The first kappa shape index (κ1) is 16.6. The largest absolute Gasteiger partial charge is 0.497 e. The van der Waals surface area contributed by atoms with Gasteiger partial charge in [-0.25, -0.2) is 0 Å². The Morgan fingerprint density at radius 3 is 2.72 bits per heavy atom. The van der Waals surface area contributed by atoms with Gasteiger partial charge in [0.25, 0.3) is 5.91 Å². The number of nitrogens with one attached hydrogen (secondary N) is 1. The fourth-order valence-electron chi connectivity index (χ4n) is 2.26. The van der Waals surface area contributed by atoms with Crippen molar-refractivity contribution in [1.29, 1.82) is 0 Å². The van der Waals surface area contributed by atoms with Gasteiger partial charge in [-0.15, -0.1) is 0 Å². The first-order valence-electron chi connectivity index (χ1n) is 7.66. The zero-order valence-corrected chi connectivity index (χ0v) is 14.2. The third-order valence-electron chi connectivity index (χ3n) is 3.58. The minimum Gasteiger partial charge on any atom is -0.497 e. The van der Waals surface area contributed by atoms with Crippen LogP contribution in [0.5, 0.6) is 11.5 Å². The molecule has 0 spiro atoms. The molecule has 3 aromatic rings. The molecule has 0 radical (unpaired) electrons. The Hall–Kier alpha value is -3.22. The average Bonchev–Trinajstić information content (AvgIpc) is 3.22. The summed E-state index contributed by atoms with van der Waals surface area (Å²) in [4.78, 5) is 12.3. The number of aryl methyl sites for hydroxylation is 2. The molecule has 0 aliphatic rings. The molecule has 25 heavy (non-hydrogen) atoms. The molecule has 1 aromatic carbocycles. The van der Waals surface area contributed by atoms with Crippen LogP contribution < -0.4 is 14.8 Å². The fourth-order valence-corrected chi connectivity index (χ4v) is 2.26. The quantitative estimate of drug-likeness (QED) is 0.734. The van der Waals surface area contributed by atoms with Crippen LogP contribution in [0, 0.1) is 13.8 Å². The Morgan fingerprint density at radius 1 is 1.20 bits per heavy atom. The van der Waals surface area contributed by atoms with E-state index in [1.807, 2.05) is 18.2 Å². The number of aromatic nitrogens is 1. The molecule has 0 atom stereocenters. The second-order valence-corrected chi connectivity index (χ2v) is 5.39. The Labute approximate surface area is 144 Å². The summed E-state index contributed by atoms with van der Waals surface area (Å²) in [6, 6.07) is 10.5. The van der Waals surface area contributed by atoms with Gasteiger partial charge in [0, 0.05) is 6.07 Å². The highest BCUT2D eigenvalue weighted by Gasteiger charge is 2.16. The molecular weight excluding hydrogens is 324 g/mol. The Bertz CT molecular complexity index is 862. The normalized spacial score (nSPS) is 10.5. The second kappa shape index (κ2) is 7.12. The number of hydrogen-bond donors (Lipinski definition) is 1. The number of ether oxygens (including phenoxy) is 2. The van der Waals surface area contributed by atoms with Crippen LogP contribution in [0.25, 0.3) is 0 Å². The van der Waals surface area contributed by atoms with Gasteiger partial charge in [0.15, 0.2) is 11.5 Å². The summed E-state index contributed by atoms with van der Waals surface area (Å²) >= 11 is 0. The van der Waals surface area contributed by atoms with Gasteiger partial charge in [-0.05, 0) is 38.1 Å². The van der Waals surface area contributed by atoms with Crippen molar-refractivity contribution in [3.8, 4) is 11.5 Å². The Morgan fingerprint density at radius 2 is 2.00 bits per heavy atom. The van der Waals surface area contributed by atoms with Crippen LogP contribution in [0.2, 0.25) is 0 Å². The van der Waals surface area contributed by atoms with E-state index in [-0.39, 0.29) is 18.3 Å². The van der Waals surface area contributed by atoms with Crippen molar-refractivity contribution in [2.45, 2.75) is 20.5 Å². The number of hydrogen-bond acceptors (Lipinski definition) is 6. The molecule has 0 aliphatic heterocycles. The SMILES string of the molecule is COc1cccc(OCc2ccc(C(=O)Nc3c(C)noc3C)o2)c1. The van der Waals surface area contributed by atoms with Crippen molar-refractivity contribution in [3.05, 3.63) is 59.4 Å². The van der Waals surface area contributed by atoms with Crippen LogP contribution in [0.3, 0.4) is 0 Å². The zero-order chi connectivity index (χ0) is 17.8. The molecule has 0 saturated heterocycles. The smallest absolute Gasteiger partial charge is 0.291 e. The lowest BCUT2D eigenvalue weighted by atomic mass is 10.3. The van der Waals surface area contributed by atoms with Crippen LogP contribution in [0.1, 0.15) is 27.8 Å². The number of carbonyl (C=O) groups excluding carboxylic acids is 1. The highest BCUT2D eigenvalue weighted by molar-refractivity contribution is 6.02. The highest BCUT2D eigenvalue weighted by Crippen LogP contribution is 2.22. The molecule has 0 bridgehead atoms. The van der Waals surface area contributed by atoms with Crippen LogP contribution in [0.15, 0.2) is 45.3 Å². The monoisotopic (exact) mass is 342 g/mol. The molecule has 130 valence electrons. The number of benzene rings is 1. The van der Waals surface area contributed by atoms with Crippen molar-refractivity contribution in [2.75, 3.05) is 12.4 Å². The number of carbonyl (C=O) groups is 1. The predicted molar refractivity (Wildman–Crippen MR) is 90.0 cm³/mol. The fraction of sp³-hybridized carbons (Fsp3) is 0.222. The Balaban J connectivity index is 1.62. The number of furan rings is 1. The first-order chi connectivity index (χ1) is 12.1. The van der Waals surface area contributed by atoms with Crippen LogP contribution in [-0.2, 0) is 6.61 Å². The first-order valence-corrected chi connectivity index (χ1v) is 7.66. The molecule has 3 rings (SSSR count). The minimum absolute atomic E-state index is 0.184. The summed E-state index contributed by atoms with van der Waals surface area (Å²) in [5, 5.41) is 6.53. The van der Waals surface area contributed by atoms with Gasteiger partial charge in [-0.1, -0.05) is 11.2 Å². The van der Waals surface area contributed by atoms with Gasteiger partial charge >= 0.3 is 0 Å². The van der Waals surface area contributed by atoms with Gasteiger partial charge in [0.05, 0.1) is 7.11 Å². The van der Waals surface area contributed by atoms with Gasteiger partial charge in [0.2, 0.25) is 0 Å². The van der Waals surface area contributed by atoms with E-state index in [9.17, 15) is 4.79 Å². The number of amides is 1. The number of anilines is 1. The van der Waals surface area contributed by atoms with E-state index in [0.29, 0.717) is 34.4 Å². The maximum Gasteiger partial charge on any atom is 0.291 e. The molecule has 0 fully saturated rings. The number of rotatable bonds is 6. The number of methoxy groups -OCH3 is 1. The maximum atomic E-state index is 12.3. The van der Waals surface area contributed by atoms with Crippen LogP contribution in [0.4, 0.5) is 5.69 Å². The van der Waals surface area contributed by atoms with Gasteiger partial charge in [0.1, 0.15) is 35.2 Å². The molecule has 0 unspecified atom stereocenters. The third kappa shape index (κ3) is 3.82. The second-order valence-electron chi connectivity index (χ2n) is 5.39. The van der Waals surface area contributed by atoms with E-state index in [1.165, 1.54) is 0 Å². The van der Waals surface area contributed by atoms with Crippen molar-refractivity contribution in [1.82, 2.24) is 5.16 Å². The predicted octanol–water partition coefficient (Wildman–Crippen LogP) is 3.72.